The van der Waals surface area contributed by atoms with E-state index in [2.05, 4.69) is 36.4 Å². The maximum Gasteiger partial charge on any atom is 1.00 e. The Bertz CT molecular complexity index is 2190. The molecule has 0 aliphatic rings. The smallest absolute Gasteiger partial charge is 0.744 e. The zero-order chi connectivity index (χ0) is 39.8. The van der Waals surface area contributed by atoms with E-state index in [4.69, 9.17) is 14.2 Å². The van der Waals surface area contributed by atoms with E-state index in [-0.39, 0.29) is 97.8 Å². The fourth-order valence-electron chi connectivity index (χ4n) is 4.81. The predicted molar refractivity (Wildman–Crippen MR) is 192 cm³/mol. The Morgan fingerprint density at radius 1 is 0.825 bits per heavy atom. The molecule has 0 saturated heterocycles. The van der Waals surface area contributed by atoms with Crippen LogP contribution in [0.5, 0.6) is 11.5 Å². The molecule has 0 aliphatic heterocycles. The standard InChI is InChI=1S/C36H34N4O13S2.2Na/c1-3-34(41)50-19-7-5-4-6-18-49-27-13-8-23(9-14-27)36(44)51-31-17-12-24(20-30(31)35(42)43)39-40-26-11-16-29(33(22-26)55(46,47)48)28-15-10-25(38-37-2)21-32(28)54-53-52-45;;/h3,8-17,20-22,45H,1,4-7,18-19H2,2H3,(H,42,43)(H,46,47,48);;/q;2*+1/p-2. The number of azo groups is 2. The van der Waals surface area contributed by atoms with Gasteiger partial charge >= 0.3 is 77.0 Å². The molecule has 4 aromatic rings. The Labute approximate surface area is 375 Å². The fourth-order valence-corrected chi connectivity index (χ4v) is 6.06. The summed E-state index contributed by atoms with van der Waals surface area (Å²) in [4.78, 5) is 35.5. The van der Waals surface area contributed by atoms with Gasteiger partial charge in [-0.2, -0.15) is 24.8 Å². The molecule has 0 spiro atoms. The predicted octanol–water partition coefficient (Wildman–Crippen LogP) is 1.21. The first-order valence-electron chi connectivity index (χ1n) is 16.1. The zero-order valence-corrected chi connectivity index (χ0v) is 36.6. The Morgan fingerprint density at radius 2 is 1.44 bits per heavy atom. The van der Waals surface area contributed by atoms with Crippen molar-refractivity contribution < 1.29 is 120 Å². The van der Waals surface area contributed by atoms with E-state index in [0.29, 0.717) is 36.7 Å². The maximum atomic E-state index is 12.9. The van der Waals surface area contributed by atoms with Gasteiger partial charge in [-0.05, 0) is 98.0 Å². The van der Waals surface area contributed by atoms with Gasteiger partial charge in [0, 0.05) is 23.6 Å². The number of unbranched alkanes of at least 4 members (excludes halogenated alkanes) is 3. The van der Waals surface area contributed by atoms with Crippen molar-refractivity contribution in [3.8, 4) is 22.6 Å². The average Bonchev–Trinajstić information content (AvgIpc) is 3.17. The van der Waals surface area contributed by atoms with Crippen molar-refractivity contribution in [2.45, 2.75) is 35.5 Å². The average molecular weight is 839 g/mol. The number of benzene rings is 4. The Kier molecular flexibility index (Phi) is 21.5. The molecule has 0 unspecified atom stereocenters. The van der Waals surface area contributed by atoms with E-state index in [1.165, 1.54) is 61.6 Å². The molecule has 0 aliphatic carbocycles. The number of carbonyl (C=O) groups excluding carboxylic acids is 2. The second-order valence-electron chi connectivity index (χ2n) is 11.1. The number of carbonyl (C=O) groups is 3. The van der Waals surface area contributed by atoms with Gasteiger partial charge in [0.2, 0.25) is 0 Å². The summed E-state index contributed by atoms with van der Waals surface area (Å²) >= 11 is 0.456. The van der Waals surface area contributed by atoms with Crippen LogP contribution >= 0.6 is 12.0 Å². The Balaban J connectivity index is 0.00000561. The number of aromatic carboxylic acids is 1. The molecule has 0 amide bonds. The van der Waals surface area contributed by atoms with Gasteiger partial charge in [0.15, 0.2) is 0 Å². The molecule has 57 heavy (non-hydrogen) atoms. The van der Waals surface area contributed by atoms with Crippen LogP contribution in [0.3, 0.4) is 0 Å². The SMILES string of the molecule is C=CC(=O)OCCCCCCOc1ccc(C(=O)Oc2ccc(N=Nc3ccc(-c4ccc(N=NC)cc4SOO[O-])c(S(=O)(=O)[O-])c3)cc2C(=O)O)cc1.[Na+].[Na+]. The number of nitrogens with zero attached hydrogens (tertiary/aromatic N) is 4. The normalized spacial score (nSPS) is 11.1. The monoisotopic (exact) mass is 838 g/mol. The summed E-state index contributed by atoms with van der Waals surface area (Å²) in [6, 6.07) is 17.7. The van der Waals surface area contributed by atoms with E-state index in [1.54, 1.807) is 12.1 Å². The molecule has 4 aromatic carbocycles. The van der Waals surface area contributed by atoms with E-state index >= 15 is 0 Å². The quantitative estimate of drug-likeness (QED) is 0.0126. The number of carboxylic acids is 1. The molecule has 17 nitrogen and oxygen atoms in total. The first-order valence-corrected chi connectivity index (χ1v) is 18.3. The third-order valence-corrected chi connectivity index (χ3v) is 8.86. The van der Waals surface area contributed by atoms with Crippen LogP contribution in [0, 0.1) is 0 Å². The van der Waals surface area contributed by atoms with Crippen molar-refractivity contribution in [1.82, 2.24) is 0 Å². The maximum absolute atomic E-state index is 12.9. The minimum Gasteiger partial charge on any atom is -0.744 e. The van der Waals surface area contributed by atoms with Gasteiger partial charge < -0.3 is 29.1 Å². The second-order valence-corrected chi connectivity index (χ2v) is 13.2. The van der Waals surface area contributed by atoms with Crippen LogP contribution in [-0.4, -0.2) is 56.2 Å². The number of carboxylic acid groups (broad SMARTS) is 1. The summed E-state index contributed by atoms with van der Waals surface area (Å²) in [5, 5.41) is 39.2. The van der Waals surface area contributed by atoms with Gasteiger partial charge in [0.1, 0.15) is 27.2 Å². The number of esters is 2. The molecule has 0 saturated carbocycles. The van der Waals surface area contributed by atoms with Gasteiger partial charge in [-0.3, -0.25) is 5.04 Å². The summed E-state index contributed by atoms with van der Waals surface area (Å²) in [5.74, 6) is -2.46. The molecule has 0 fully saturated rings. The van der Waals surface area contributed by atoms with Gasteiger partial charge in [-0.1, -0.05) is 18.7 Å². The van der Waals surface area contributed by atoms with E-state index in [9.17, 15) is 37.7 Å². The van der Waals surface area contributed by atoms with Crippen molar-refractivity contribution in [1.29, 1.82) is 0 Å². The van der Waals surface area contributed by atoms with Crippen LogP contribution in [0.4, 0.5) is 17.1 Å². The van der Waals surface area contributed by atoms with Crippen LogP contribution in [0.2, 0.25) is 0 Å². The van der Waals surface area contributed by atoms with Crippen LogP contribution in [-0.2, 0) is 29.0 Å². The minimum absolute atomic E-state index is 0. The molecular formula is C36H32N4Na2O13S2. The van der Waals surface area contributed by atoms with Crippen LogP contribution in [0.15, 0.2) is 122 Å². The molecule has 1 N–H and O–H groups in total. The van der Waals surface area contributed by atoms with E-state index in [1.807, 2.05) is 0 Å². The molecular weight excluding hydrogens is 807 g/mol. The van der Waals surface area contributed by atoms with Crippen LogP contribution in [0.25, 0.3) is 11.1 Å². The third-order valence-electron chi connectivity index (χ3n) is 7.34. The first kappa shape index (κ1) is 49.3. The molecule has 0 bridgehead atoms. The molecule has 0 heterocycles. The molecule has 0 atom stereocenters. The molecule has 4 rings (SSSR count). The summed E-state index contributed by atoms with van der Waals surface area (Å²) in [6.45, 7) is 4.10. The third kappa shape index (κ3) is 15.5. The van der Waals surface area contributed by atoms with Crippen molar-refractivity contribution in [2.75, 3.05) is 20.3 Å². The summed E-state index contributed by atoms with van der Waals surface area (Å²) < 4.78 is 57.4. The van der Waals surface area contributed by atoms with E-state index in [0.717, 1.165) is 43.9 Å². The summed E-state index contributed by atoms with van der Waals surface area (Å²) in [5.41, 5.74) is 0.105. The van der Waals surface area contributed by atoms with Gasteiger partial charge in [0.25, 0.3) is 0 Å². The fraction of sp³-hybridized carbons (Fsp3) is 0.194. The number of hydrogen-bond donors (Lipinski definition) is 1. The van der Waals surface area contributed by atoms with Crippen LogP contribution < -0.4 is 73.8 Å². The molecule has 288 valence electrons. The second kappa shape index (κ2) is 24.8. The van der Waals surface area contributed by atoms with Crippen molar-refractivity contribution >= 4 is 57.1 Å². The Morgan fingerprint density at radius 3 is 2.05 bits per heavy atom. The minimum atomic E-state index is -5.10. The van der Waals surface area contributed by atoms with Crippen molar-refractivity contribution in [2.24, 2.45) is 20.5 Å². The zero-order valence-electron chi connectivity index (χ0n) is 31.0. The summed E-state index contributed by atoms with van der Waals surface area (Å²) in [6.07, 6.45) is 4.34. The van der Waals surface area contributed by atoms with Gasteiger partial charge in [0.05, 0.1) is 52.8 Å². The topological polar surface area (TPSA) is 247 Å². The van der Waals surface area contributed by atoms with Gasteiger partial charge in [-0.25, -0.2) is 22.8 Å². The largest absolute Gasteiger partial charge is 1.00 e. The molecule has 0 aromatic heterocycles. The Hall–Kier alpha value is -3.83. The first-order chi connectivity index (χ1) is 26.4. The van der Waals surface area contributed by atoms with E-state index < -0.39 is 38.5 Å². The van der Waals surface area contributed by atoms with Crippen LogP contribution in [0.1, 0.15) is 46.4 Å². The van der Waals surface area contributed by atoms with Crippen molar-refractivity contribution in [3.63, 3.8) is 0 Å². The number of hydrogen-bond acceptors (Lipinski definition) is 17. The van der Waals surface area contributed by atoms with Crippen molar-refractivity contribution in [3.05, 3.63) is 103 Å². The summed E-state index contributed by atoms with van der Waals surface area (Å²) in [7, 11) is -3.67. The molecule has 21 heteroatoms. The number of rotatable bonds is 20. The van der Waals surface area contributed by atoms with Gasteiger partial charge in [-0.15, -0.1) is 0 Å². The number of ether oxygens (including phenoxy) is 3. The molecule has 0 radical (unpaired) electrons.